The van der Waals surface area contributed by atoms with Gasteiger partial charge in [0.05, 0.1) is 24.0 Å². The van der Waals surface area contributed by atoms with E-state index in [-0.39, 0.29) is 12.3 Å². The summed E-state index contributed by atoms with van der Waals surface area (Å²) in [7, 11) is -4.56. The van der Waals surface area contributed by atoms with Crippen molar-refractivity contribution in [1.29, 1.82) is 0 Å². The Kier molecular flexibility index (Phi) is 4.36. The Morgan fingerprint density at radius 3 is 2.44 bits per heavy atom. The van der Waals surface area contributed by atoms with Crippen molar-refractivity contribution in [2.24, 2.45) is 0 Å². The fourth-order valence-electron chi connectivity index (χ4n) is 1.75. The minimum atomic E-state index is -3.81. The van der Waals surface area contributed by atoms with Gasteiger partial charge < -0.3 is 5.11 Å². The van der Waals surface area contributed by atoms with E-state index in [0.29, 0.717) is 0 Å². The zero-order chi connectivity index (χ0) is 14.1. The predicted molar refractivity (Wildman–Crippen MR) is 64.0 cm³/mol. The van der Waals surface area contributed by atoms with Crippen LogP contribution in [0.15, 0.2) is 0 Å². The second kappa shape index (κ2) is 5.11. The molecule has 0 aromatic heterocycles. The summed E-state index contributed by atoms with van der Waals surface area (Å²) in [6.07, 6.45) is -0.522. The molecule has 1 heterocycles. The van der Waals surface area contributed by atoms with Gasteiger partial charge in [0.2, 0.25) is 0 Å². The summed E-state index contributed by atoms with van der Waals surface area (Å²) in [6.45, 7) is -0.208. The van der Waals surface area contributed by atoms with Gasteiger partial charge in [-0.3, -0.25) is 4.79 Å². The molecule has 1 rings (SSSR count). The normalized spacial score (nSPS) is 25.2. The fourth-order valence-corrected chi connectivity index (χ4v) is 4.75. The summed E-state index contributed by atoms with van der Waals surface area (Å²) >= 11 is 0. The van der Waals surface area contributed by atoms with Gasteiger partial charge in [0.1, 0.15) is 0 Å². The van der Waals surface area contributed by atoms with Crippen LogP contribution in [0.4, 0.5) is 0 Å². The highest BCUT2D eigenvalue weighted by Gasteiger charge is 2.40. The second-order valence-corrected chi connectivity index (χ2v) is 8.59. The molecule has 10 heteroatoms. The Balaban J connectivity index is 3.06. The Labute approximate surface area is 106 Å². The van der Waals surface area contributed by atoms with Crippen LogP contribution in [0.5, 0.6) is 0 Å². The maximum Gasteiger partial charge on any atom is 0.305 e. The fraction of sp³-hybridized carbons (Fsp3) is 0.875. The number of hydrogen-bond acceptors (Lipinski definition) is 5. The van der Waals surface area contributed by atoms with Crippen molar-refractivity contribution in [1.82, 2.24) is 8.61 Å². The van der Waals surface area contributed by atoms with Gasteiger partial charge >= 0.3 is 5.97 Å². The largest absolute Gasteiger partial charge is 0.481 e. The molecule has 0 aliphatic carbocycles. The molecule has 18 heavy (non-hydrogen) atoms. The number of rotatable bonds is 4. The summed E-state index contributed by atoms with van der Waals surface area (Å²) in [5, 5.41) is 8.73. The molecular formula is C8H16N2O6S2. The average molecular weight is 300 g/mol. The van der Waals surface area contributed by atoms with Gasteiger partial charge in [-0.25, -0.2) is 8.42 Å². The molecule has 1 N–H and O–H groups in total. The lowest BCUT2D eigenvalue weighted by molar-refractivity contribution is -0.137. The molecular weight excluding hydrogens is 284 g/mol. The average Bonchev–Trinajstić information content (AvgIpc) is 2.14. The van der Waals surface area contributed by atoms with Gasteiger partial charge in [0.25, 0.3) is 10.2 Å². The highest BCUT2D eigenvalue weighted by atomic mass is 32.2. The standard InChI is InChI=1S/C8H16N2O6S2/c1-9(2)18(15,16)10-3-4-17(13,14)6-7(10)5-8(11)12/h7H,3-6H2,1-2H3,(H,11,12). The molecule has 1 atom stereocenters. The molecule has 0 amide bonds. The van der Waals surface area contributed by atoms with Gasteiger partial charge in [-0.15, -0.1) is 0 Å². The number of carboxylic acid groups (broad SMARTS) is 1. The van der Waals surface area contributed by atoms with E-state index in [1.807, 2.05) is 0 Å². The molecule has 106 valence electrons. The molecule has 0 spiro atoms. The quantitative estimate of drug-likeness (QED) is 0.667. The Hall–Kier alpha value is -0.710. The van der Waals surface area contributed by atoms with E-state index in [9.17, 15) is 21.6 Å². The van der Waals surface area contributed by atoms with Crippen LogP contribution in [0.1, 0.15) is 6.42 Å². The van der Waals surface area contributed by atoms with Gasteiger partial charge in [-0.05, 0) is 0 Å². The number of carbonyl (C=O) groups is 1. The minimum absolute atomic E-state index is 0.208. The van der Waals surface area contributed by atoms with Crippen molar-refractivity contribution < 1.29 is 26.7 Å². The number of nitrogens with zero attached hydrogens (tertiary/aromatic N) is 2. The first-order valence-corrected chi connectivity index (χ1v) is 8.39. The molecule has 0 radical (unpaired) electrons. The molecule has 0 bridgehead atoms. The van der Waals surface area contributed by atoms with Crippen LogP contribution < -0.4 is 0 Å². The number of carboxylic acids is 1. The van der Waals surface area contributed by atoms with E-state index < -0.39 is 44.2 Å². The molecule has 1 unspecified atom stereocenters. The van der Waals surface area contributed by atoms with E-state index in [0.717, 1.165) is 8.61 Å². The molecule has 0 saturated carbocycles. The molecule has 1 aliphatic heterocycles. The van der Waals surface area contributed by atoms with E-state index in [4.69, 9.17) is 5.11 Å². The summed E-state index contributed by atoms with van der Waals surface area (Å²) < 4.78 is 48.7. The van der Waals surface area contributed by atoms with E-state index >= 15 is 0 Å². The Morgan fingerprint density at radius 1 is 1.44 bits per heavy atom. The highest BCUT2D eigenvalue weighted by Crippen LogP contribution is 2.19. The van der Waals surface area contributed by atoms with Gasteiger partial charge in [-0.2, -0.15) is 17.0 Å². The van der Waals surface area contributed by atoms with Gasteiger partial charge in [0, 0.05) is 20.6 Å². The summed E-state index contributed by atoms with van der Waals surface area (Å²) in [5.41, 5.74) is 0. The van der Waals surface area contributed by atoms with E-state index in [1.54, 1.807) is 0 Å². The van der Waals surface area contributed by atoms with Crippen molar-refractivity contribution in [3.8, 4) is 0 Å². The number of sulfone groups is 1. The smallest absolute Gasteiger partial charge is 0.305 e. The molecule has 1 saturated heterocycles. The van der Waals surface area contributed by atoms with Crippen molar-refractivity contribution in [3.63, 3.8) is 0 Å². The molecule has 1 aliphatic rings. The third-order valence-electron chi connectivity index (χ3n) is 2.64. The van der Waals surface area contributed by atoms with Crippen LogP contribution in [0.3, 0.4) is 0 Å². The first kappa shape index (κ1) is 15.3. The third kappa shape index (κ3) is 3.40. The SMILES string of the molecule is CN(C)S(=O)(=O)N1CCS(=O)(=O)CC1CC(=O)O. The van der Waals surface area contributed by atoms with Crippen LogP contribution in [0, 0.1) is 0 Å². The topological polar surface area (TPSA) is 112 Å². The summed E-state index contributed by atoms with van der Waals surface area (Å²) in [4.78, 5) is 10.7. The van der Waals surface area contributed by atoms with E-state index in [1.165, 1.54) is 14.1 Å². The maximum absolute atomic E-state index is 12.0. The van der Waals surface area contributed by atoms with Crippen LogP contribution >= 0.6 is 0 Å². The lowest BCUT2D eigenvalue weighted by Crippen LogP contribution is -2.54. The number of hydrogen-bond donors (Lipinski definition) is 1. The molecule has 0 aromatic carbocycles. The van der Waals surface area contributed by atoms with Crippen LogP contribution in [-0.2, 0) is 24.8 Å². The van der Waals surface area contributed by atoms with Crippen molar-refractivity contribution >= 4 is 26.0 Å². The van der Waals surface area contributed by atoms with Crippen LogP contribution in [0.25, 0.3) is 0 Å². The summed E-state index contributed by atoms with van der Waals surface area (Å²) in [5.74, 6) is -1.96. The zero-order valence-electron chi connectivity index (χ0n) is 10.1. The van der Waals surface area contributed by atoms with Gasteiger partial charge in [-0.1, -0.05) is 0 Å². The lowest BCUT2D eigenvalue weighted by Gasteiger charge is -2.35. The molecule has 8 nitrogen and oxygen atoms in total. The maximum atomic E-state index is 12.0. The first-order valence-electron chi connectivity index (χ1n) is 5.18. The number of aliphatic carboxylic acids is 1. The Bertz CT molecular complexity index is 524. The highest BCUT2D eigenvalue weighted by molar-refractivity contribution is 7.91. The van der Waals surface area contributed by atoms with Crippen molar-refractivity contribution in [3.05, 3.63) is 0 Å². The summed E-state index contributed by atoms with van der Waals surface area (Å²) in [6, 6.07) is -1.05. The van der Waals surface area contributed by atoms with Gasteiger partial charge in [0.15, 0.2) is 9.84 Å². The second-order valence-electron chi connectivity index (χ2n) is 4.27. The Morgan fingerprint density at radius 2 is 2.00 bits per heavy atom. The minimum Gasteiger partial charge on any atom is -0.481 e. The van der Waals surface area contributed by atoms with Crippen LogP contribution in [-0.4, -0.2) is 74.7 Å². The van der Waals surface area contributed by atoms with Crippen molar-refractivity contribution in [2.45, 2.75) is 12.5 Å². The monoisotopic (exact) mass is 300 g/mol. The molecule has 0 aromatic rings. The third-order valence-corrected chi connectivity index (χ3v) is 6.34. The first-order chi connectivity index (χ1) is 8.06. The van der Waals surface area contributed by atoms with Crippen molar-refractivity contribution in [2.75, 3.05) is 32.1 Å². The van der Waals surface area contributed by atoms with Crippen LogP contribution in [0.2, 0.25) is 0 Å². The predicted octanol–water partition coefficient (Wildman–Crippen LogP) is -1.63. The van der Waals surface area contributed by atoms with E-state index in [2.05, 4.69) is 0 Å². The molecule has 1 fully saturated rings. The zero-order valence-corrected chi connectivity index (χ0v) is 11.7. The lowest BCUT2D eigenvalue weighted by atomic mass is 10.2.